The number of carbonyl (C=O) groups is 2. The van der Waals surface area contributed by atoms with E-state index < -0.39 is 0 Å². The van der Waals surface area contributed by atoms with Crippen LogP contribution < -0.4 is 16.2 Å². The molecule has 1 aliphatic rings. The van der Waals surface area contributed by atoms with Crippen molar-refractivity contribution in [1.82, 2.24) is 21.1 Å². The van der Waals surface area contributed by atoms with E-state index in [9.17, 15) is 9.59 Å². The van der Waals surface area contributed by atoms with E-state index in [4.69, 9.17) is 4.74 Å². The fraction of sp³-hybridized carbons (Fsp3) is 0.800. The van der Waals surface area contributed by atoms with Crippen LogP contribution in [0, 0.1) is 0 Å². The molecule has 17 heavy (non-hydrogen) atoms. The van der Waals surface area contributed by atoms with Gasteiger partial charge in [-0.2, -0.15) is 0 Å². The first-order chi connectivity index (χ1) is 8.11. The van der Waals surface area contributed by atoms with Gasteiger partial charge in [-0.25, -0.2) is 0 Å². The largest absolute Gasteiger partial charge is 0.374 e. The molecule has 3 N–H and O–H groups in total. The number of amides is 2. The number of rotatable bonds is 4. The van der Waals surface area contributed by atoms with Crippen LogP contribution in [0.1, 0.15) is 6.92 Å². The molecule has 1 aliphatic heterocycles. The van der Waals surface area contributed by atoms with E-state index in [-0.39, 0.29) is 24.5 Å². The second-order valence-electron chi connectivity index (χ2n) is 4.01. The lowest BCUT2D eigenvalue weighted by Crippen LogP contribution is -2.51. The Morgan fingerprint density at radius 2 is 2.18 bits per heavy atom. The summed E-state index contributed by atoms with van der Waals surface area (Å²) < 4.78 is 5.52. The first kappa shape index (κ1) is 13.9. The van der Waals surface area contributed by atoms with Crippen LogP contribution in [0.2, 0.25) is 0 Å². The van der Waals surface area contributed by atoms with Gasteiger partial charge in [0.15, 0.2) is 0 Å². The Kier molecular flexibility index (Phi) is 5.88. The zero-order valence-corrected chi connectivity index (χ0v) is 10.3. The van der Waals surface area contributed by atoms with Gasteiger partial charge >= 0.3 is 0 Å². The molecule has 2 amide bonds. The van der Waals surface area contributed by atoms with Crippen molar-refractivity contribution < 1.29 is 14.3 Å². The molecule has 0 aromatic rings. The first-order valence-electron chi connectivity index (χ1n) is 5.65. The fourth-order valence-corrected chi connectivity index (χ4v) is 1.68. The molecule has 0 radical (unpaired) electrons. The third-order valence-corrected chi connectivity index (χ3v) is 2.40. The molecular formula is C10H20N4O3. The molecule has 1 heterocycles. The Balaban J connectivity index is 2.25. The quantitative estimate of drug-likeness (QED) is 0.502. The molecule has 7 heteroatoms. The van der Waals surface area contributed by atoms with E-state index >= 15 is 0 Å². The smallest absolute Gasteiger partial charge is 0.252 e. The summed E-state index contributed by atoms with van der Waals surface area (Å²) in [6.45, 7) is 4.45. The maximum absolute atomic E-state index is 11.5. The Morgan fingerprint density at radius 1 is 1.41 bits per heavy atom. The fourth-order valence-electron chi connectivity index (χ4n) is 1.68. The van der Waals surface area contributed by atoms with Crippen LogP contribution in [0.4, 0.5) is 0 Å². The molecule has 0 spiro atoms. The number of morpholine rings is 1. The van der Waals surface area contributed by atoms with Crippen LogP contribution in [0.15, 0.2) is 0 Å². The predicted molar refractivity (Wildman–Crippen MR) is 62.1 cm³/mol. The monoisotopic (exact) mass is 244 g/mol. The van der Waals surface area contributed by atoms with Gasteiger partial charge in [0.2, 0.25) is 5.91 Å². The summed E-state index contributed by atoms with van der Waals surface area (Å²) in [7, 11) is 1.87. The number of hydrogen-bond donors (Lipinski definition) is 3. The highest BCUT2D eigenvalue weighted by atomic mass is 16.5. The minimum absolute atomic E-state index is 0.113. The van der Waals surface area contributed by atoms with Crippen LogP contribution >= 0.6 is 0 Å². The Hall–Kier alpha value is -1.18. The van der Waals surface area contributed by atoms with Crippen molar-refractivity contribution in [3.63, 3.8) is 0 Å². The SMILES string of the molecule is CNCC1CN(CC(=O)NNC(C)=O)CCO1. The van der Waals surface area contributed by atoms with Crippen molar-refractivity contribution in [1.29, 1.82) is 0 Å². The number of likely N-dealkylation sites (N-methyl/N-ethyl adjacent to an activating group) is 1. The normalized spacial score (nSPS) is 20.9. The van der Waals surface area contributed by atoms with Crippen LogP contribution in [-0.2, 0) is 14.3 Å². The Labute approximate surface area is 101 Å². The van der Waals surface area contributed by atoms with Crippen molar-refractivity contribution in [3.05, 3.63) is 0 Å². The van der Waals surface area contributed by atoms with Crippen molar-refractivity contribution in [2.45, 2.75) is 13.0 Å². The predicted octanol–water partition coefficient (Wildman–Crippen LogP) is -1.93. The van der Waals surface area contributed by atoms with Crippen LogP contribution in [0.3, 0.4) is 0 Å². The Morgan fingerprint density at radius 3 is 2.82 bits per heavy atom. The zero-order valence-electron chi connectivity index (χ0n) is 10.3. The van der Waals surface area contributed by atoms with Crippen molar-refractivity contribution in [3.8, 4) is 0 Å². The first-order valence-corrected chi connectivity index (χ1v) is 5.65. The summed E-state index contributed by atoms with van der Waals surface area (Å²) in [6, 6.07) is 0. The topological polar surface area (TPSA) is 82.7 Å². The lowest BCUT2D eigenvalue weighted by molar-refractivity contribution is -0.129. The second kappa shape index (κ2) is 7.21. The molecular weight excluding hydrogens is 224 g/mol. The number of hydrogen-bond acceptors (Lipinski definition) is 5. The van der Waals surface area contributed by atoms with E-state index in [0.717, 1.165) is 13.1 Å². The molecule has 0 saturated carbocycles. The van der Waals surface area contributed by atoms with Gasteiger partial charge in [-0.1, -0.05) is 0 Å². The lowest BCUT2D eigenvalue weighted by Gasteiger charge is -2.32. The number of hydrazine groups is 1. The summed E-state index contributed by atoms with van der Waals surface area (Å²) in [4.78, 5) is 24.1. The van der Waals surface area contributed by atoms with Crippen molar-refractivity contribution in [2.75, 3.05) is 39.8 Å². The maximum Gasteiger partial charge on any atom is 0.252 e. The standard InChI is InChI=1S/C10H20N4O3/c1-8(15)12-13-10(16)7-14-3-4-17-9(6-14)5-11-2/h9,11H,3-7H2,1-2H3,(H,12,15)(H,13,16). The highest BCUT2D eigenvalue weighted by Crippen LogP contribution is 2.03. The van der Waals surface area contributed by atoms with Gasteiger partial charge in [-0.05, 0) is 7.05 Å². The number of nitrogens with one attached hydrogen (secondary N) is 3. The molecule has 1 rings (SSSR count). The molecule has 0 bridgehead atoms. The maximum atomic E-state index is 11.5. The summed E-state index contributed by atoms with van der Waals surface area (Å²) in [6.07, 6.45) is 0.113. The minimum Gasteiger partial charge on any atom is -0.374 e. The number of nitrogens with zero attached hydrogens (tertiary/aromatic N) is 1. The van der Waals surface area contributed by atoms with Crippen molar-refractivity contribution in [2.24, 2.45) is 0 Å². The molecule has 1 fully saturated rings. The molecule has 1 saturated heterocycles. The summed E-state index contributed by atoms with van der Waals surface area (Å²) in [5, 5.41) is 3.04. The second-order valence-corrected chi connectivity index (χ2v) is 4.01. The van der Waals surface area contributed by atoms with Gasteiger partial charge in [0.05, 0.1) is 19.3 Å². The molecule has 98 valence electrons. The molecule has 1 atom stereocenters. The summed E-state index contributed by atoms with van der Waals surface area (Å²) in [5.74, 6) is -0.501. The van der Waals surface area contributed by atoms with Gasteiger partial charge in [0.1, 0.15) is 0 Å². The van der Waals surface area contributed by atoms with Crippen LogP contribution in [0.25, 0.3) is 0 Å². The number of carbonyl (C=O) groups excluding carboxylic acids is 2. The van der Waals surface area contributed by atoms with Gasteiger partial charge in [0.25, 0.3) is 5.91 Å². The van der Waals surface area contributed by atoms with Gasteiger partial charge in [0, 0.05) is 26.6 Å². The summed E-state index contributed by atoms with van der Waals surface area (Å²) >= 11 is 0. The Bertz CT molecular complexity index is 270. The zero-order chi connectivity index (χ0) is 12.7. The van der Waals surface area contributed by atoms with Gasteiger partial charge in [-0.3, -0.25) is 25.3 Å². The van der Waals surface area contributed by atoms with Gasteiger partial charge in [-0.15, -0.1) is 0 Å². The molecule has 0 aromatic heterocycles. The van der Waals surface area contributed by atoms with E-state index in [0.29, 0.717) is 13.2 Å². The minimum atomic E-state index is -0.284. The summed E-state index contributed by atoms with van der Waals surface area (Å²) in [5.41, 5.74) is 4.60. The highest BCUT2D eigenvalue weighted by molar-refractivity contribution is 5.81. The van der Waals surface area contributed by atoms with E-state index in [1.54, 1.807) is 0 Å². The van der Waals surface area contributed by atoms with Crippen molar-refractivity contribution >= 4 is 11.8 Å². The average molecular weight is 244 g/mol. The highest BCUT2D eigenvalue weighted by Gasteiger charge is 2.21. The van der Waals surface area contributed by atoms with E-state index in [2.05, 4.69) is 16.2 Å². The third-order valence-electron chi connectivity index (χ3n) is 2.40. The van der Waals surface area contributed by atoms with Crippen LogP contribution in [0.5, 0.6) is 0 Å². The third kappa shape index (κ3) is 5.62. The van der Waals surface area contributed by atoms with E-state index in [1.165, 1.54) is 6.92 Å². The molecule has 7 nitrogen and oxygen atoms in total. The lowest BCUT2D eigenvalue weighted by atomic mass is 10.2. The molecule has 0 aromatic carbocycles. The molecule has 0 aliphatic carbocycles. The van der Waals surface area contributed by atoms with Gasteiger partial charge < -0.3 is 10.1 Å². The number of ether oxygens (including phenoxy) is 1. The van der Waals surface area contributed by atoms with Crippen LogP contribution in [-0.4, -0.2) is 62.7 Å². The molecule has 1 unspecified atom stereocenters. The van der Waals surface area contributed by atoms with E-state index in [1.807, 2.05) is 11.9 Å². The average Bonchev–Trinajstić information content (AvgIpc) is 2.27.